The molecule has 3 N–H and O–H groups in total. The number of nitrogens with zero attached hydrogens (tertiary/aromatic N) is 1. The van der Waals surface area contributed by atoms with Gasteiger partial charge in [0.15, 0.2) is 0 Å². The molecule has 0 spiro atoms. The Morgan fingerprint density at radius 3 is 2.52 bits per heavy atom. The van der Waals surface area contributed by atoms with Crippen LogP contribution in [0, 0.1) is 6.92 Å². The third kappa shape index (κ3) is 4.02. The van der Waals surface area contributed by atoms with Gasteiger partial charge >= 0.3 is 0 Å². The van der Waals surface area contributed by atoms with E-state index in [0.29, 0.717) is 31.9 Å². The molecule has 0 radical (unpaired) electrons. The third-order valence-corrected chi connectivity index (χ3v) is 6.44. The van der Waals surface area contributed by atoms with Crippen molar-refractivity contribution in [2.75, 3.05) is 25.3 Å². The van der Waals surface area contributed by atoms with Crippen LogP contribution in [-0.4, -0.2) is 25.1 Å². The molecule has 2 heterocycles. The van der Waals surface area contributed by atoms with Crippen LogP contribution in [0.15, 0.2) is 48.5 Å². The van der Waals surface area contributed by atoms with E-state index in [4.69, 9.17) is 31.8 Å². The minimum Gasteiger partial charge on any atom is -0.497 e. The van der Waals surface area contributed by atoms with Crippen LogP contribution in [0.5, 0.6) is 11.5 Å². The summed E-state index contributed by atoms with van der Waals surface area (Å²) < 4.78 is 10.5. The number of thiophene rings is 1. The van der Waals surface area contributed by atoms with E-state index >= 15 is 0 Å². The molecular formula is C23H20ClN3O3S. The smallest absolute Gasteiger partial charge is 0.268 e. The highest BCUT2D eigenvalue weighted by Crippen LogP contribution is 2.36. The van der Waals surface area contributed by atoms with Gasteiger partial charge in [0.2, 0.25) is 0 Å². The quantitative estimate of drug-likeness (QED) is 0.400. The number of aryl methyl sites for hydroxylation is 1. The van der Waals surface area contributed by atoms with Gasteiger partial charge in [-0.25, -0.2) is 4.98 Å². The number of hydrogen-bond acceptors (Lipinski definition) is 6. The number of ether oxygens (including phenoxy) is 2. The zero-order valence-electron chi connectivity index (χ0n) is 17.2. The van der Waals surface area contributed by atoms with Gasteiger partial charge in [-0.2, -0.15) is 0 Å². The number of halogens is 1. The van der Waals surface area contributed by atoms with Crippen molar-refractivity contribution < 1.29 is 14.3 Å². The Labute approximate surface area is 188 Å². The number of anilines is 2. The summed E-state index contributed by atoms with van der Waals surface area (Å²) in [6.45, 7) is 1.86. The summed E-state index contributed by atoms with van der Waals surface area (Å²) in [6.07, 6.45) is 0. The van der Waals surface area contributed by atoms with Crippen LogP contribution in [0.1, 0.15) is 15.2 Å². The summed E-state index contributed by atoms with van der Waals surface area (Å²) >= 11 is 7.40. The van der Waals surface area contributed by atoms with E-state index in [2.05, 4.69) is 5.32 Å². The van der Waals surface area contributed by atoms with E-state index in [0.717, 1.165) is 28.0 Å². The second kappa shape index (κ2) is 8.45. The standard InChI is InChI=1S/C23H20ClN3O3S/c1-12-10-18(19(30-3)11-16(12)24)26-22(28)21-20(25)15-8-9-17(27-23(15)31-21)13-4-6-14(29-2)7-5-13/h4-11H,25H2,1-3H3,(H,26,28). The summed E-state index contributed by atoms with van der Waals surface area (Å²) in [7, 11) is 3.15. The highest BCUT2D eigenvalue weighted by atomic mass is 35.5. The van der Waals surface area contributed by atoms with Crippen LogP contribution in [-0.2, 0) is 0 Å². The van der Waals surface area contributed by atoms with Crippen LogP contribution < -0.4 is 20.5 Å². The van der Waals surface area contributed by atoms with E-state index < -0.39 is 0 Å². The van der Waals surface area contributed by atoms with Gasteiger partial charge in [0, 0.05) is 22.0 Å². The highest BCUT2D eigenvalue weighted by Gasteiger charge is 2.19. The van der Waals surface area contributed by atoms with Crippen molar-refractivity contribution in [1.29, 1.82) is 0 Å². The van der Waals surface area contributed by atoms with E-state index in [1.807, 2.05) is 43.3 Å². The Balaban J connectivity index is 1.67. The largest absolute Gasteiger partial charge is 0.497 e. The van der Waals surface area contributed by atoms with Gasteiger partial charge in [-0.3, -0.25) is 4.79 Å². The van der Waals surface area contributed by atoms with Crippen molar-refractivity contribution in [2.45, 2.75) is 6.92 Å². The summed E-state index contributed by atoms with van der Waals surface area (Å²) in [5.41, 5.74) is 9.77. The molecule has 0 aliphatic carbocycles. The number of fused-ring (bicyclic) bond motifs is 1. The third-order valence-electron chi connectivity index (χ3n) is 4.91. The summed E-state index contributed by atoms with van der Waals surface area (Å²) in [5, 5.41) is 4.18. The minimum absolute atomic E-state index is 0.327. The monoisotopic (exact) mass is 453 g/mol. The van der Waals surface area contributed by atoms with E-state index in [1.54, 1.807) is 19.2 Å². The van der Waals surface area contributed by atoms with Crippen molar-refractivity contribution in [2.24, 2.45) is 0 Å². The molecule has 4 aromatic rings. The van der Waals surface area contributed by atoms with Gasteiger partial charge in [-0.05, 0) is 55.0 Å². The molecule has 0 saturated carbocycles. The molecular weight excluding hydrogens is 434 g/mol. The molecule has 2 aromatic carbocycles. The maximum atomic E-state index is 13.0. The fourth-order valence-electron chi connectivity index (χ4n) is 3.20. The molecule has 0 aliphatic heterocycles. The lowest BCUT2D eigenvalue weighted by atomic mass is 10.1. The molecule has 6 nitrogen and oxygen atoms in total. The number of carbonyl (C=O) groups is 1. The van der Waals surface area contributed by atoms with Crippen LogP contribution in [0.4, 0.5) is 11.4 Å². The summed E-state index contributed by atoms with van der Waals surface area (Å²) in [6, 6.07) is 14.8. The lowest BCUT2D eigenvalue weighted by Gasteiger charge is -2.12. The molecule has 158 valence electrons. The Bertz CT molecular complexity index is 1290. The number of pyridine rings is 1. The SMILES string of the molecule is COc1ccc(-c2ccc3c(N)c(C(=O)Nc4cc(C)c(Cl)cc4OC)sc3n2)cc1. The molecule has 0 aliphatic rings. The Kier molecular flexibility index (Phi) is 5.71. The maximum absolute atomic E-state index is 13.0. The van der Waals surface area contributed by atoms with Gasteiger partial charge in [0.1, 0.15) is 21.2 Å². The molecule has 8 heteroatoms. The first kappa shape index (κ1) is 21.0. The first-order valence-corrected chi connectivity index (χ1v) is 10.6. The molecule has 31 heavy (non-hydrogen) atoms. The zero-order chi connectivity index (χ0) is 22.1. The lowest BCUT2D eigenvalue weighted by molar-refractivity contribution is 0.103. The second-order valence-corrected chi connectivity index (χ2v) is 8.28. The average Bonchev–Trinajstić information content (AvgIpc) is 3.12. The number of benzene rings is 2. The molecule has 0 unspecified atom stereocenters. The zero-order valence-corrected chi connectivity index (χ0v) is 18.7. The normalized spacial score (nSPS) is 10.8. The number of carbonyl (C=O) groups excluding carboxylic acids is 1. The van der Waals surface area contributed by atoms with Gasteiger partial charge in [0.25, 0.3) is 5.91 Å². The molecule has 0 fully saturated rings. The Morgan fingerprint density at radius 1 is 1.10 bits per heavy atom. The number of nitrogens with one attached hydrogen (secondary N) is 1. The predicted molar refractivity (Wildman–Crippen MR) is 127 cm³/mol. The van der Waals surface area contributed by atoms with Crippen molar-refractivity contribution >= 4 is 50.4 Å². The molecule has 0 atom stereocenters. The molecule has 0 saturated heterocycles. The maximum Gasteiger partial charge on any atom is 0.268 e. The number of nitrogens with two attached hydrogens (primary N) is 1. The number of rotatable bonds is 5. The Hall–Kier alpha value is -3.29. The van der Waals surface area contributed by atoms with E-state index in [9.17, 15) is 4.79 Å². The first-order valence-electron chi connectivity index (χ1n) is 9.40. The minimum atomic E-state index is -0.327. The van der Waals surface area contributed by atoms with Crippen LogP contribution in [0.3, 0.4) is 0 Å². The fourth-order valence-corrected chi connectivity index (χ4v) is 4.34. The number of aromatic nitrogens is 1. The average molecular weight is 454 g/mol. The first-order chi connectivity index (χ1) is 14.9. The van der Waals surface area contributed by atoms with Crippen molar-refractivity contribution in [1.82, 2.24) is 4.98 Å². The summed E-state index contributed by atoms with van der Waals surface area (Å²) in [4.78, 5) is 18.8. The van der Waals surface area contributed by atoms with Crippen LogP contribution >= 0.6 is 22.9 Å². The molecule has 4 rings (SSSR count). The van der Waals surface area contributed by atoms with Gasteiger partial charge in [0.05, 0.1) is 31.3 Å². The van der Waals surface area contributed by atoms with Crippen molar-refractivity contribution in [3.05, 3.63) is 64.0 Å². The molecule has 1 amide bonds. The fraction of sp³-hybridized carbons (Fsp3) is 0.130. The number of amides is 1. The number of nitrogen functional groups attached to an aromatic ring is 1. The highest BCUT2D eigenvalue weighted by molar-refractivity contribution is 7.21. The topological polar surface area (TPSA) is 86.5 Å². The lowest BCUT2D eigenvalue weighted by Crippen LogP contribution is -2.13. The molecule has 2 aromatic heterocycles. The number of methoxy groups -OCH3 is 2. The summed E-state index contributed by atoms with van der Waals surface area (Å²) in [5.74, 6) is 0.923. The van der Waals surface area contributed by atoms with Gasteiger partial charge < -0.3 is 20.5 Å². The molecule has 0 bridgehead atoms. The van der Waals surface area contributed by atoms with Gasteiger partial charge in [-0.15, -0.1) is 11.3 Å². The van der Waals surface area contributed by atoms with Crippen LogP contribution in [0.25, 0.3) is 21.5 Å². The van der Waals surface area contributed by atoms with Crippen LogP contribution in [0.2, 0.25) is 5.02 Å². The van der Waals surface area contributed by atoms with Crippen molar-refractivity contribution in [3.8, 4) is 22.8 Å². The van der Waals surface area contributed by atoms with E-state index in [1.165, 1.54) is 18.4 Å². The van der Waals surface area contributed by atoms with Crippen molar-refractivity contribution in [3.63, 3.8) is 0 Å². The van der Waals surface area contributed by atoms with Gasteiger partial charge in [-0.1, -0.05) is 11.6 Å². The predicted octanol–water partition coefficient (Wildman–Crippen LogP) is 5.78. The second-order valence-electron chi connectivity index (χ2n) is 6.88. The Morgan fingerprint density at radius 2 is 1.84 bits per heavy atom. The van der Waals surface area contributed by atoms with E-state index in [-0.39, 0.29) is 5.91 Å². The number of hydrogen-bond donors (Lipinski definition) is 2.